The van der Waals surface area contributed by atoms with Crippen molar-refractivity contribution in [3.8, 4) is 0 Å². The largest absolute Gasteiger partial charge is 0.340 e. The zero-order valence-electron chi connectivity index (χ0n) is 12.5. The Morgan fingerprint density at radius 2 is 2.04 bits per heavy atom. The number of nitrogens with one attached hydrogen (secondary N) is 2. The van der Waals surface area contributed by atoms with Crippen LogP contribution in [0.5, 0.6) is 0 Å². The molecule has 0 unspecified atom stereocenters. The molecule has 0 radical (unpaired) electrons. The van der Waals surface area contributed by atoms with E-state index in [2.05, 4.69) is 10.6 Å². The van der Waals surface area contributed by atoms with Crippen LogP contribution in [0.3, 0.4) is 0 Å². The molecule has 0 bridgehead atoms. The molecule has 7 nitrogen and oxygen atoms in total. The van der Waals surface area contributed by atoms with Crippen LogP contribution >= 0.6 is 0 Å². The fraction of sp³-hybridized carbons (Fsp3) is 0.375. The molecule has 0 aliphatic carbocycles. The number of hydrogen-bond acceptors (Lipinski definition) is 4. The van der Waals surface area contributed by atoms with Gasteiger partial charge in [0, 0.05) is 30.6 Å². The molecule has 1 atom stereocenters. The van der Waals surface area contributed by atoms with Crippen LogP contribution in [-0.2, 0) is 14.4 Å². The van der Waals surface area contributed by atoms with Crippen LogP contribution < -0.4 is 15.5 Å². The lowest BCUT2D eigenvalue weighted by Gasteiger charge is -2.22. The lowest BCUT2D eigenvalue weighted by molar-refractivity contribution is -0.134. The molecule has 0 spiro atoms. The van der Waals surface area contributed by atoms with Crippen molar-refractivity contribution in [1.29, 1.82) is 0 Å². The predicted molar refractivity (Wildman–Crippen MR) is 81.7 cm³/mol. The van der Waals surface area contributed by atoms with Crippen LogP contribution in [0, 0.1) is 0 Å². The molecular formula is C16H17N3O4. The third-order valence-corrected chi connectivity index (χ3v) is 4.04. The van der Waals surface area contributed by atoms with E-state index < -0.39 is 17.9 Å². The second kappa shape index (κ2) is 6.20. The molecular weight excluding hydrogens is 298 g/mol. The number of hydrogen-bond donors (Lipinski definition) is 2. The minimum absolute atomic E-state index is 0.0488. The third kappa shape index (κ3) is 3.23. The van der Waals surface area contributed by atoms with Gasteiger partial charge in [-0.1, -0.05) is 6.07 Å². The number of imide groups is 1. The van der Waals surface area contributed by atoms with E-state index in [4.69, 9.17) is 0 Å². The number of amides is 4. The van der Waals surface area contributed by atoms with Gasteiger partial charge in [-0.15, -0.1) is 0 Å². The summed E-state index contributed by atoms with van der Waals surface area (Å²) in [4.78, 5) is 48.6. The molecule has 1 aromatic carbocycles. The van der Waals surface area contributed by atoms with Gasteiger partial charge in [-0.05, 0) is 31.0 Å². The summed E-state index contributed by atoms with van der Waals surface area (Å²) < 4.78 is 0. The Morgan fingerprint density at radius 1 is 1.22 bits per heavy atom. The van der Waals surface area contributed by atoms with E-state index in [1.54, 1.807) is 29.2 Å². The minimum atomic E-state index is -0.711. The lowest BCUT2D eigenvalue weighted by Crippen LogP contribution is -2.52. The van der Waals surface area contributed by atoms with Crippen molar-refractivity contribution in [2.45, 2.75) is 31.7 Å². The van der Waals surface area contributed by atoms with Gasteiger partial charge >= 0.3 is 0 Å². The van der Waals surface area contributed by atoms with E-state index in [0.29, 0.717) is 30.6 Å². The second-order valence-corrected chi connectivity index (χ2v) is 5.68. The van der Waals surface area contributed by atoms with E-state index in [-0.39, 0.29) is 18.2 Å². The highest BCUT2D eigenvalue weighted by Crippen LogP contribution is 2.22. The summed E-state index contributed by atoms with van der Waals surface area (Å²) in [6, 6.07) is 6.06. The summed E-state index contributed by atoms with van der Waals surface area (Å²) in [6.45, 7) is 0.650. The first kappa shape index (κ1) is 15.2. The Labute approximate surface area is 133 Å². The van der Waals surface area contributed by atoms with E-state index in [1.165, 1.54) is 0 Å². The number of piperidine rings is 1. The van der Waals surface area contributed by atoms with Gasteiger partial charge in [0.1, 0.15) is 6.04 Å². The van der Waals surface area contributed by atoms with Gasteiger partial charge in [0.25, 0.3) is 5.91 Å². The van der Waals surface area contributed by atoms with Crippen LogP contribution in [-0.4, -0.2) is 36.2 Å². The third-order valence-electron chi connectivity index (χ3n) is 4.04. The maximum atomic E-state index is 12.3. The summed E-state index contributed by atoms with van der Waals surface area (Å²) >= 11 is 0. The molecule has 120 valence electrons. The van der Waals surface area contributed by atoms with Crippen LogP contribution in [0.15, 0.2) is 24.3 Å². The monoisotopic (exact) mass is 315 g/mol. The van der Waals surface area contributed by atoms with Crippen LogP contribution in [0.4, 0.5) is 5.69 Å². The zero-order chi connectivity index (χ0) is 16.4. The second-order valence-electron chi connectivity index (χ2n) is 5.68. The molecule has 7 heteroatoms. The summed E-state index contributed by atoms with van der Waals surface area (Å²) in [7, 11) is 0. The summed E-state index contributed by atoms with van der Waals surface area (Å²) in [5, 5.41) is 4.83. The molecule has 2 aliphatic heterocycles. The van der Waals surface area contributed by atoms with Crippen molar-refractivity contribution in [2.24, 2.45) is 0 Å². The van der Waals surface area contributed by atoms with E-state index in [0.717, 1.165) is 6.42 Å². The smallest absolute Gasteiger partial charge is 0.252 e. The first-order valence-electron chi connectivity index (χ1n) is 7.59. The molecule has 1 aromatic rings. The van der Waals surface area contributed by atoms with Crippen molar-refractivity contribution in [3.63, 3.8) is 0 Å². The Morgan fingerprint density at radius 3 is 2.74 bits per heavy atom. The van der Waals surface area contributed by atoms with Crippen molar-refractivity contribution in [2.75, 3.05) is 11.4 Å². The lowest BCUT2D eigenvalue weighted by atomic mass is 10.1. The fourth-order valence-electron chi connectivity index (χ4n) is 2.81. The summed E-state index contributed by atoms with van der Waals surface area (Å²) in [5.41, 5.74) is 1.07. The highest BCUT2D eigenvalue weighted by molar-refractivity contribution is 6.04. The molecule has 0 aromatic heterocycles. The van der Waals surface area contributed by atoms with Gasteiger partial charge in [0.15, 0.2) is 0 Å². The molecule has 2 fully saturated rings. The maximum Gasteiger partial charge on any atom is 0.252 e. The number of benzene rings is 1. The van der Waals surface area contributed by atoms with Gasteiger partial charge in [0.05, 0.1) is 0 Å². The maximum absolute atomic E-state index is 12.3. The predicted octanol–water partition coefficient (Wildman–Crippen LogP) is 0.348. The number of carbonyl (C=O) groups is 4. The minimum Gasteiger partial charge on any atom is -0.340 e. The van der Waals surface area contributed by atoms with Gasteiger partial charge in [-0.25, -0.2) is 0 Å². The molecule has 0 saturated carbocycles. The van der Waals surface area contributed by atoms with Crippen LogP contribution in [0.2, 0.25) is 0 Å². The van der Waals surface area contributed by atoms with Crippen molar-refractivity contribution < 1.29 is 19.2 Å². The summed E-state index contributed by atoms with van der Waals surface area (Å²) in [6.07, 6.45) is 1.83. The highest BCUT2D eigenvalue weighted by atomic mass is 16.2. The average Bonchev–Trinajstić information content (AvgIpc) is 2.96. The Balaban J connectivity index is 1.71. The van der Waals surface area contributed by atoms with Crippen molar-refractivity contribution >= 4 is 29.3 Å². The van der Waals surface area contributed by atoms with Gasteiger partial charge in [0.2, 0.25) is 17.7 Å². The van der Waals surface area contributed by atoms with E-state index >= 15 is 0 Å². The highest BCUT2D eigenvalue weighted by Gasteiger charge is 2.28. The normalized spacial score (nSPS) is 21.3. The molecule has 23 heavy (non-hydrogen) atoms. The molecule has 4 amide bonds. The van der Waals surface area contributed by atoms with Crippen molar-refractivity contribution in [1.82, 2.24) is 10.6 Å². The Hall–Kier alpha value is -2.70. The summed E-state index contributed by atoms with van der Waals surface area (Å²) in [5.74, 6) is -1.16. The van der Waals surface area contributed by atoms with Crippen molar-refractivity contribution in [3.05, 3.63) is 29.8 Å². The SMILES string of the molecule is O=C1CC[C@@H](NC(=O)c2cccc(N3CCCC3=O)c2)C(=O)N1. The topological polar surface area (TPSA) is 95.6 Å². The average molecular weight is 315 g/mol. The Kier molecular flexibility index (Phi) is 4.10. The number of rotatable bonds is 3. The van der Waals surface area contributed by atoms with Gasteiger partial charge in [-0.2, -0.15) is 0 Å². The number of carbonyl (C=O) groups excluding carboxylic acids is 4. The van der Waals surface area contributed by atoms with Gasteiger partial charge in [-0.3, -0.25) is 24.5 Å². The first-order chi connectivity index (χ1) is 11.0. The molecule has 3 rings (SSSR count). The van der Waals surface area contributed by atoms with Crippen LogP contribution in [0.25, 0.3) is 0 Å². The first-order valence-corrected chi connectivity index (χ1v) is 7.59. The standard InChI is InChI=1S/C16H17N3O4/c20-13-7-6-12(16(23)18-13)17-15(22)10-3-1-4-11(9-10)19-8-2-5-14(19)21/h1,3-4,9,12H,2,5-8H2,(H,17,22)(H,18,20,23)/t12-/m1/s1. The molecule has 2 N–H and O–H groups in total. The molecule has 2 aliphatic rings. The molecule has 2 saturated heterocycles. The van der Waals surface area contributed by atoms with E-state index in [1.807, 2.05) is 0 Å². The van der Waals surface area contributed by atoms with Crippen LogP contribution in [0.1, 0.15) is 36.0 Å². The Bertz CT molecular complexity index is 686. The zero-order valence-corrected chi connectivity index (χ0v) is 12.5. The molecule has 2 heterocycles. The number of anilines is 1. The van der Waals surface area contributed by atoms with E-state index in [9.17, 15) is 19.2 Å². The van der Waals surface area contributed by atoms with Gasteiger partial charge < -0.3 is 10.2 Å². The number of nitrogens with zero attached hydrogens (tertiary/aromatic N) is 1. The fourth-order valence-corrected chi connectivity index (χ4v) is 2.81. The quantitative estimate of drug-likeness (QED) is 0.787.